The molecule has 1 fully saturated rings. The van der Waals surface area contributed by atoms with Gasteiger partial charge in [-0.1, -0.05) is 30.3 Å². The number of fused-ring (bicyclic) bond motifs is 1. The number of nitrogens with one attached hydrogen (secondary N) is 2. The third kappa shape index (κ3) is 4.40. The predicted molar refractivity (Wildman–Crippen MR) is 119 cm³/mol. The van der Waals surface area contributed by atoms with Gasteiger partial charge in [0.25, 0.3) is 5.91 Å². The Morgan fingerprint density at radius 1 is 1.10 bits per heavy atom. The number of aromatic nitrogens is 2. The molecule has 0 bridgehead atoms. The average Bonchev–Trinajstić information content (AvgIpc) is 3.56. The van der Waals surface area contributed by atoms with Crippen molar-refractivity contribution in [3.8, 4) is 0 Å². The molecular weight excluding hydrogens is 393 g/mol. The number of hydrogen-bond donors (Lipinski definition) is 2. The van der Waals surface area contributed by atoms with Crippen LogP contribution in [0.4, 0.5) is 15.9 Å². The SMILES string of the molecule is O=C1c2c(nc(CNc3ccc(F)cc3)n2Cc2ccccc2)NCCN1CC1CC1. The zero-order valence-corrected chi connectivity index (χ0v) is 17.4. The summed E-state index contributed by atoms with van der Waals surface area (Å²) in [5.74, 6) is 1.83. The number of benzene rings is 2. The molecule has 160 valence electrons. The number of hydrogen-bond acceptors (Lipinski definition) is 4. The van der Waals surface area contributed by atoms with Crippen LogP contribution >= 0.6 is 0 Å². The molecule has 0 unspecified atom stereocenters. The Morgan fingerprint density at radius 3 is 2.61 bits per heavy atom. The van der Waals surface area contributed by atoms with Crippen LogP contribution in [0.3, 0.4) is 0 Å². The van der Waals surface area contributed by atoms with E-state index < -0.39 is 0 Å². The molecule has 2 N–H and O–H groups in total. The molecule has 0 radical (unpaired) electrons. The fourth-order valence-corrected chi connectivity index (χ4v) is 4.01. The molecule has 0 atom stereocenters. The van der Waals surface area contributed by atoms with Gasteiger partial charge in [0.1, 0.15) is 11.6 Å². The van der Waals surface area contributed by atoms with Gasteiger partial charge in [-0.05, 0) is 48.6 Å². The Balaban J connectivity index is 1.47. The maximum absolute atomic E-state index is 13.5. The molecule has 1 aliphatic carbocycles. The van der Waals surface area contributed by atoms with Gasteiger partial charge in [-0.2, -0.15) is 0 Å². The van der Waals surface area contributed by atoms with Gasteiger partial charge in [-0.25, -0.2) is 9.37 Å². The van der Waals surface area contributed by atoms with E-state index in [0.717, 1.165) is 23.6 Å². The molecule has 3 aromatic rings. The fourth-order valence-electron chi connectivity index (χ4n) is 4.01. The molecular formula is C24H26FN5O. The molecule has 1 aromatic heterocycles. The maximum Gasteiger partial charge on any atom is 0.274 e. The van der Waals surface area contributed by atoms with Crippen LogP contribution in [0.25, 0.3) is 0 Å². The number of carbonyl (C=O) groups excluding carboxylic acids is 1. The summed E-state index contributed by atoms with van der Waals surface area (Å²) >= 11 is 0. The minimum atomic E-state index is -0.270. The monoisotopic (exact) mass is 419 g/mol. The van der Waals surface area contributed by atoms with Crippen molar-refractivity contribution in [3.05, 3.63) is 77.5 Å². The number of imidazole rings is 1. The van der Waals surface area contributed by atoms with Crippen molar-refractivity contribution in [3.63, 3.8) is 0 Å². The second kappa shape index (κ2) is 8.41. The summed E-state index contributed by atoms with van der Waals surface area (Å²) in [5.41, 5.74) is 2.54. The molecule has 1 saturated carbocycles. The first-order valence-corrected chi connectivity index (χ1v) is 10.8. The lowest BCUT2D eigenvalue weighted by Gasteiger charge is -2.21. The van der Waals surface area contributed by atoms with E-state index in [1.54, 1.807) is 12.1 Å². The standard InChI is InChI=1S/C24H26FN5O/c25-19-8-10-20(11-9-19)27-14-21-28-23-22(30(21)16-17-4-2-1-3-5-17)24(31)29(13-12-26-23)15-18-6-7-18/h1-5,8-11,18,26-27H,6-7,12-16H2. The number of anilines is 2. The quantitative estimate of drug-likeness (QED) is 0.609. The highest BCUT2D eigenvalue weighted by atomic mass is 19.1. The number of halogens is 1. The van der Waals surface area contributed by atoms with Gasteiger partial charge >= 0.3 is 0 Å². The first kappa shape index (κ1) is 19.6. The zero-order valence-electron chi connectivity index (χ0n) is 17.4. The molecule has 2 heterocycles. The first-order chi connectivity index (χ1) is 15.2. The molecule has 1 aliphatic heterocycles. The lowest BCUT2D eigenvalue weighted by Crippen LogP contribution is -2.35. The highest BCUT2D eigenvalue weighted by Crippen LogP contribution is 2.31. The van der Waals surface area contributed by atoms with E-state index in [-0.39, 0.29) is 11.7 Å². The van der Waals surface area contributed by atoms with E-state index in [1.807, 2.05) is 27.7 Å². The van der Waals surface area contributed by atoms with Crippen molar-refractivity contribution in [2.45, 2.75) is 25.9 Å². The van der Waals surface area contributed by atoms with E-state index in [2.05, 4.69) is 22.8 Å². The highest BCUT2D eigenvalue weighted by molar-refractivity contribution is 5.98. The van der Waals surface area contributed by atoms with Crippen LogP contribution < -0.4 is 10.6 Å². The largest absolute Gasteiger partial charge is 0.378 e. The third-order valence-corrected chi connectivity index (χ3v) is 5.86. The second-order valence-electron chi connectivity index (χ2n) is 8.28. The summed E-state index contributed by atoms with van der Waals surface area (Å²) in [6.07, 6.45) is 2.42. The van der Waals surface area contributed by atoms with Crippen molar-refractivity contribution in [1.29, 1.82) is 0 Å². The average molecular weight is 420 g/mol. The molecule has 2 aliphatic rings. The topological polar surface area (TPSA) is 62.2 Å². The van der Waals surface area contributed by atoms with Crippen molar-refractivity contribution < 1.29 is 9.18 Å². The number of nitrogens with zero attached hydrogens (tertiary/aromatic N) is 3. The van der Waals surface area contributed by atoms with E-state index in [9.17, 15) is 9.18 Å². The Morgan fingerprint density at radius 2 is 1.87 bits per heavy atom. The van der Waals surface area contributed by atoms with Crippen LogP contribution in [0.2, 0.25) is 0 Å². The zero-order chi connectivity index (χ0) is 21.2. The number of carbonyl (C=O) groups is 1. The van der Waals surface area contributed by atoms with E-state index in [1.165, 1.54) is 25.0 Å². The minimum Gasteiger partial charge on any atom is -0.378 e. The molecule has 0 saturated heterocycles. The third-order valence-electron chi connectivity index (χ3n) is 5.86. The summed E-state index contributed by atoms with van der Waals surface area (Å²) < 4.78 is 15.2. The molecule has 31 heavy (non-hydrogen) atoms. The van der Waals surface area contributed by atoms with Crippen molar-refractivity contribution >= 4 is 17.4 Å². The molecule has 1 amide bonds. The fraction of sp³-hybridized carbons (Fsp3) is 0.333. The summed E-state index contributed by atoms with van der Waals surface area (Å²) in [5, 5.41) is 6.66. The lowest BCUT2D eigenvalue weighted by molar-refractivity contribution is 0.0749. The van der Waals surface area contributed by atoms with Crippen molar-refractivity contribution in [2.75, 3.05) is 30.3 Å². The molecule has 5 rings (SSSR count). The molecule has 7 heteroatoms. The Labute approximate surface area is 181 Å². The van der Waals surface area contributed by atoms with Gasteiger partial charge < -0.3 is 20.1 Å². The van der Waals surface area contributed by atoms with Crippen molar-refractivity contribution in [1.82, 2.24) is 14.5 Å². The molecule has 6 nitrogen and oxygen atoms in total. The van der Waals surface area contributed by atoms with Gasteiger partial charge in [-0.3, -0.25) is 4.79 Å². The normalized spacial score (nSPS) is 15.9. The van der Waals surface area contributed by atoms with Gasteiger partial charge in [0, 0.05) is 31.9 Å². The second-order valence-corrected chi connectivity index (χ2v) is 8.28. The van der Waals surface area contributed by atoms with E-state index in [0.29, 0.717) is 43.6 Å². The van der Waals surface area contributed by atoms with Crippen LogP contribution in [-0.2, 0) is 13.1 Å². The smallest absolute Gasteiger partial charge is 0.274 e. The van der Waals surface area contributed by atoms with Crippen LogP contribution in [0.5, 0.6) is 0 Å². The number of amides is 1. The number of rotatable bonds is 7. The highest BCUT2D eigenvalue weighted by Gasteiger charge is 2.33. The Hall–Kier alpha value is -3.35. The summed E-state index contributed by atoms with van der Waals surface area (Å²) in [6, 6.07) is 16.3. The molecule has 0 spiro atoms. The van der Waals surface area contributed by atoms with Gasteiger partial charge in [0.05, 0.1) is 6.54 Å². The van der Waals surface area contributed by atoms with Crippen LogP contribution in [0.1, 0.15) is 34.7 Å². The summed E-state index contributed by atoms with van der Waals surface area (Å²) in [7, 11) is 0. The Bertz CT molecular complexity index is 1060. The lowest BCUT2D eigenvalue weighted by atomic mass is 10.2. The summed E-state index contributed by atoms with van der Waals surface area (Å²) in [4.78, 5) is 20.3. The van der Waals surface area contributed by atoms with Crippen LogP contribution in [0, 0.1) is 11.7 Å². The van der Waals surface area contributed by atoms with Gasteiger partial charge in [0.2, 0.25) is 0 Å². The van der Waals surface area contributed by atoms with Crippen LogP contribution in [-0.4, -0.2) is 40.0 Å². The van der Waals surface area contributed by atoms with E-state index >= 15 is 0 Å². The van der Waals surface area contributed by atoms with E-state index in [4.69, 9.17) is 4.98 Å². The van der Waals surface area contributed by atoms with Crippen molar-refractivity contribution in [2.24, 2.45) is 5.92 Å². The van der Waals surface area contributed by atoms with Crippen LogP contribution in [0.15, 0.2) is 54.6 Å². The first-order valence-electron chi connectivity index (χ1n) is 10.8. The minimum absolute atomic E-state index is 0.0448. The maximum atomic E-state index is 13.5. The Kier molecular flexibility index (Phi) is 5.32. The summed E-state index contributed by atoms with van der Waals surface area (Å²) in [6.45, 7) is 3.20. The molecule has 2 aromatic carbocycles. The predicted octanol–water partition coefficient (Wildman–Crippen LogP) is 3.96. The van der Waals surface area contributed by atoms with Gasteiger partial charge in [0.15, 0.2) is 11.5 Å². The van der Waals surface area contributed by atoms with Gasteiger partial charge in [-0.15, -0.1) is 0 Å².